The smallest absolute Gasteiger partial charge is 0.243 e. The van der Waals surface area contributed by atoms with Gasteiger partial charge in [0.05, 0.1) is 11.8 Å². The molecule has 1 aliphatic rings. The summed E-state index contributed by atoms with van der Waals surface area (Å²) in [6.07, 6.45) is -0.529. The number of hydrogen-bond donors (Lipinski definition) is 2. The number of amides is 2. The molecular weight excluding hydrogens is 474 g/mol. The molecule has 3 aromatic rings. The molecule has 0 bridgehead atoms. The summed E-state index contributed by atoms with van der Waals surface area (Å²) >= 11 is 1.71. The second kappa shape index (κ2) is 11.0. The van der Waals surface area contributed by atoms with Gasteiger partial charge in [0.2, 0.25) is 11.8 Å². The molecule has 2 amide bonds. The van der Waals surface area contributed by atoms with Gasteiger partial charge in [-0.2, -0.15) is 0 Å². The number of hydrogen-bond acceptors (Lipinski definition) is 6. The summed E-state index contributed by atoms with van der Waals surface area (Å²) in [6.45, 7) is 10.5. The number of nitrogens with zero attached hydrogens (tertiary/aromatic N) is 2. The Bertz CT molecular complexity index is 1200. The van der Waals surface area contributed by atoms with Crippen LogP contribution >= 0.6 is 11.3 Å². The van der Waals surface area contributed by atoms with Crippen molar-refractivity contribution < 1.29 is 19.2 Å². The van der Waals surface area contributed by atoms with Crippen LogP contribution in [0.2, 0.25) is 0 Å². The molecular formula is C28H35N3O4S. The van der Waals surface area contributed by atoms with Gasteiger partial charge in [0.25, 0.3) is 0 Å². The van der Waals surface area contributed by atoms with Crippen molar-refractivity contribution in [1.29, 1.82) is 0 Å². The molecule has 0 saturated carbocycles. The summed E-state index contributed by atoms with van der Waals surface area (Å²) in [4.78, 5) is 29.5. The van der Waals surface area contributed by atoms with Crippen LogP contribution in [-0.2, 0) is 16.1 Å². The van der Waals surface area contributed by atoms with Crippen LogP contribution in [0, 0.1) is 12.8 Å². The average Bonchev–Trinajstić information content (AvgIpc) is 3.58. The van der Waals surface area contributed by atoms with Crippen molar-refractivity contribution in [2.24, 2.45) is 5.92 Å². The van der Waals surface area contributed by atoms with E-state index in [-0.39, 0.29) is 36.6 Å². The third kappa shape index (κ3) is 5.55. The van der Waals surface area contributed by atoms with E-state index >= 15 is 0 Å². The van der Waals surface area contributed by atoms with Crippen molar-refractivity contribution in [3.05, 3.63) is 64.4 Å². The number of likely N-dealkylation sites (tertiary alicyclic amines) is 1. The van der Waals surface area contributed by atoms with Gasteiger partial charge in [-0.05, 0) is 46.9 Å². The number of aliphatic hydroxyl groups is 1. The zero-order valence-electron chi connectivity index (χ0n) is 21.5. The third-order valence-electron chi connectivity index (χ3n) is 6.79. The number of benzene rings is 1. The fourth-order valence-electron chi connectivity index (χ4n) is 4.69. The van der Waals surface area contributed by atoms with Crippen molar-refractivity contribution in [3.8, 4) is 10.4 Å². The molecule has 1 aliphatic heterocycles. The van der Waals surface area contributed by atoms with Crippen LogP contribution in [0.15, 0.2) is 46.3 Å². The first-order valence-corrected chi connectivity index (χ1v) is 13.4. The molecule has 1 aromatic carbocycles. The highest BCUT2D eigenvalue weighted by Crippen LogP contribution is 2.32. The quantitative estimate of drug-likeness (QED) is 0.452. The number of aromatic nitrogens is 1. The Balaban J connectivity index is 1.44. The number of carbonyl (C=O) groups excluding carboxylic acids is 2. The molecule has 3 heterocycles. The fraction of sp³-hybridized carbons (Fsp3) is 0.464. The average molecular weight is 510 g/mol. The van der Waals surface area contributed by atoms with E-state index in [2.05, 4.69) is 41.0 Å². The third-order valence-corrected chi connectivity index (χ3v) is 7.85. The van der Waals surface area contributed by atoms with Crippen LogP contribution in [0.3, 0.4) is 0 Å². The second-order valence-corrected chi connectivity index (χ2v) is 11.2. The monoisotopic (exact) mass is 509 g/mol. The van der Waals surface area contributed by atoms with Crippen LogP contribution in [-0.4, -0.2) is 45.7 Å². The topological polar surface area (TPSA) is 95.7 Å². The fourth-order valence-corrected chi connectivity index (χ4v) is 5.63. The molecule has 36 heavy (non-hydrogen) atoms. The molecule has 1 saturated heterocycles. The lowest BCUT2D eigenvalue weighted by molar-refractivity contribution is -0.141. The van der Waals surface area contributed by atoms with Gasteiger partial charge in [-0.25, -0.2) is 0 Å². The van der Waals surface area contributed by atoms with Gasteiger partial charge in [0, 0.05) is 30.5 Å². The number of aryl methyl sites for hydroxylation is 1. The van der Waals surface area contributed by atoms with E-state index in [1.165, 1.54) is 15.3 Å². The molecule has 2 N–H and O–H groups in total. The largest absolute Gasteiger partial charge is 0.391 e. The Morgan fingerprint density at radius 3 is 2.50 bits per heavy atom. The molecule has 2 aromatic heterocycles. The molecule has 3 atom stereocenters. The Labute approximate surface area is 216 Å². The van der Waals surface area contributed by atoms with Gasteiger partial charge in [-0.15, -0.1) is 11.3 Å². The van der Waals surface area contributed by atoms with Gasteiger partial charge in [-0.3, -0.25) is 9.59 Å². The molecule has 1 fully saturated rings. The molecule has 8 heteroatoms. The molecule has 7 nitrogen and oxygen atoms in total. The van der Waals surface area contributed by atoms with E-state index < -0.39 is 18.1 Å². The minimum atomic E-state index is -0.744. The van der Waals surface area contributed by atoms with Gasteiger partial charge >= 0.3 is 0 Å². The van der Waals surface area contributed by atoms with Crippen molar-refractivity contribution >= 4 is 23.2 Å². The highest BCUT2D eigenvalue weighted by atomic mass is 32.1. The predicted octanol–water partition coefficient (Wildman–Crippen LogP) is 4.85. The van der Waals surface area contributed by atoms with Crippen LogP contribution in [0.5, 0.6) is 0 Å². The maximum atomic E-state index is 13.6. The number of rotatable bonds is 8. The first-order chi connectivity index (χ1) is 17.2. The number of thiophene rings is 1. The minimum absolute atomic E-state index is 0.0580. The second-order valence-electron chi connectivity index (χ2n) is 10.3. The molecule has 0 aliphatic carbocycles. The van der Waals surface area contributed by atoms with E-state index in [4.69, 9.17) is 4.52 Å². The zero-order chi connectivity index (χ0) is 26.0. The van der Waals surface area contributed by atoms with E-state index in [1.54, 1.807) is 11.3 Å². The summed E-state index contributed by atoms with van der Waals surface area (Å²) in [6, 6.07) is 11.3. The zero-order valence-corrected chi connectivity index (χ0v) is 22.3. The standard InChI is InChI=1S/C28H35N3O4S/c1-16(2)22-13-24(35-30-22)25(17(3)4)28(34)31-15-21(32)12-23(31)27(33)29-14-19-6-8-20(9-7-19)26-18(5)10-11-36-26/h6-11,13,16-17,21,23,25,32H,12,14-15H2,1-5H3,(H,29,33)/t21-,23+,25+/m1/s1. The Morgan fingerprint density at radius 1 is 1.19 bits per heavy atom. The minimum Gasteiger partial charge on any atom is -0.391 e. The molecule has 0 unspecified atom stereocenters. The Morgan fingerprint density at radius 2 is 1.92 bits per heavy atom. The van der Waals surface area contributed by atoms with Crippen LogP contribution in [0.1, 0.15) is 68.5 Å². The molecule has 0 radical (unpaired) electrons. The van der Waals surface area contributed by atoms with Gasteiger partial charge < -0.3 is 19.8 Å². The van der Waals surface area contributed by atoms with Crippen LogP contribution < -0.4 is 5.32 Å². The van der Waals surface area contributed by atoms with E-state index in [0.29, 0.717) is 12.3 Å². The predicted molar refractivity (Wildman–Crippen MR) is 141 cm³/mol. The lowest BCUT2D eigenvalue weighted by Crippen LogP contribution is -2.48. The highest BCUT2D eigenvalue weighted by Gasteiger charge is 2.43. The van der Waals surface area contributed by atoms with Crippen LogP contribution in [0.4, 0.5) is 0 Å². The number of nitrogens with one attached hydrogen (secondary N) is 1. The van der Waals surface area contributed by atoms with E-state index in [9.17, 15) is 14.7 Å². The first-order valence-electron chi connectivity index (χ1n) is 12.5. The maximum Gasteiger partial charge on any atom is 0.243 e. The number of β-amino-alcohol motifs (C(OH)–C–C–N with tert-alkyl or cyclic N) is 1. The highest BCUT2D eigenvalue weighted by molar-refractivity contribution is 7.13. The lowest BCUT2D eigenvalue weighted by atomic mass is 9.90. The summed E-state index contributed by atoms with van der Waals surface area (Å²) in [7, 11) is 0. The van der Waals surface area contributed by atoms with Crippen molar-refractivity contribution in [3.63, 3.8) is 0 Å². The van der Waals surface area contributed by atoms with Crippen molar-refractivity contribution in [2.45, 2.75) is 71.6 Å². The summed E-state index contributed by atoms with van der Waals surface area (Å²) in [5.41, 5.74) is 4.16. The Kier molecular flexibility index (Phi) is 7.95. The van der Waals surface area contributed by atoms with Gasteiger partial charge in [0.1, 0.15) is 17.7 Å². The summed E-state index contributed by atoms with van der Waals surface area (Å²) < 4.78 is 5.54. The van der Waals surface area contributed by atoms with Crippen molar-refractivity contribution in [1.82, 2.24) is 15.4 Å². The van der Waals surface area contributed by atoms with E-state index in [1.807, 2.05) is 45.9 Å². The Hall–Kier alpha value is -2.97. The number of aliphatic hydroxyl groups excluding tert-OH is 1. The molecule has 4 rings (SSSR count). The number of carbonyl (C=O) groups is 2. The first kappa shape index (κ1) is 26.1. The molecule has 0 spiro atoms. The summed E-state index contributed by atoms with van der Waals surface area (Å²) in [5, 5.41) is 19.5. The summed E-state index contributed by atoms with van der Waals surface area (Å²) in [5.74, 6) is -0.428. The van der Waals surface area contributed by atoms with E-state index in [0.717, 1.165) is 16.8 Å². The molecule has 192 valence electrons. The van der Waals surface area contributed by atoms with Crippen LogP contribution in [0.25, 0.3) is 10.4 Å². The maximum absolute atomic E-state index is 13.6. The lowest BCUT2D eigenvalue weighted by Gasteiger charge is -2.28. The normalized spacial score (nSPS) is 18.7. The van der Waals surface area contributed by atoms with Crippen molar-refractivity contribution in [2.75, 3.05) is 6.54 Å². The van der Waals surface area contributed by atoms with Gasteiger partial charge in [-0.1, -0.05) is 57.1 Å². The van der Waals surface area contributed by atoms with Gasteiger partial charge in [0.15, 0.2) is 0 Å². The SMILES string of the molecule is Cc1ccsc1-c1ccc(CNC(=O)[C@@H]2C[C@@H](O)CN2C(=O)[C@H](c2cc(C(C)C)no2)C(C)C)cc1.